The second-order valence-electron chi connectivity index (χ2n) is 6.12. The molecule has 1 aromatic carbocycles. The Labute approximate surface area is 149 Å². The number of anilines is 1. The van der Waals surface area contributed by atoms with Crippen molar-refractivity contribution in [3.05, 3.63) is 53.7 Å². The highest BCUT2D eigenvalue weighted by Gasteiger charge is 2.16. The van der Waals surface area contributed by atoms with E-state index in [1.807, 2.05) is 32.2 Å². The lowest BCUT2D eigenvalue weighted by atomic mass is 10.1. The second-order valence-corrected chi connectivity index (χ2v) is 6.12. The summed E-state index contributed by atoms with van der Waals surface area (Å²) in [5, 5.41) is 22.6. The highest BCUT2D eigenvalue weighted by atomic mass is 15.5. The first-order valence-electron chi connectivity index (χ1n) is 8.43. The number of fused-ring (bicyclic) bond motifs is 1. The van der Waals surface area contributed by atoms with Gasteiger partial charge in [0.05, 0.1) is 17.6 Å². The van der Waals surface area contributed by atoms with Crippen LogP contribution >= 0.6 is 0 Å². The van der Waals surface area contributed by atoms with Crippen LogP contribution in [0.3, 0.4) is 0 Å². The summed E-state index contributed by atoms with van der Waals surface area (Å²) in [6.45, 7) is 1.96. The predicted octanol–water partition coefficient (Wildman–Crippen LogP) is 1.83. The molecule has 2 N–H and O–H groups in total. The van der Waals surface area contributed by atoms with Gasteiger partial charge in [-0.1, -0.05) is 35.5 Å². The number of nitrogens with one attached hydrogen (secondary N) is 2. The summed E-state index contributed by atoms with van der Waals surface area (Å²) in [5.41, 5.74) is 2.06. The van der Waals surface area contributed by atoms with Crippen LogP contribution in [0.15, 0.2) is 36.5 Å². The van der Waals surface area contributed by atoms with Gasteiger partial charge in [-0.2, -0.15) is 10.3 Å². The fourth-order valence-electron chi connectivity index (χ4n) is 2.81. The second kappa shape index (κ2) is 6.87. The molecule has 0 aliphatic heterocycles. The third-order valence-electron chi connectivity index (χ3n) is 4.22. The molecule has 0 spiro atoms. The van der Waals surface area contributed by atoms with Gasteiger partial charge < -0.3 is 5.32 Å². The van der Waals surface area contributed by atoms with E-state index in [4.69, 9.17) is 4.98 Å². The third kappa shape index (κ3) is 3.23. The molecule has 132 valence electrons. The van der Waals surface area contributed by atoms with Crippen molar-refractivity contribution in [3.63, 3.8) is 0 Å². The van der Waals surface area contributed by atoms with Crippen molar-refractivity contribution in [3.8, 4) is 0 Å². The van der Waals surface area contributed by atoms with Gasteiger partial charge in [0, 0.05) is 13.5 Å². The molecule has 9 heteroatoms. The van der Waals surface area contributed by atoms with Gasteiger partial charge in [-0.05, 0) is 18.9 Å². The Kier molecular flexibility index (Phi) is 4.26. The van der Waals surface area contributed by atoms with E-state index in [-0.39, 0.29) is 6.04 Å². The number of tetrazole rings is 1. The topological polar surface area (TPSA) is 110 Å². The molecule has 3 heterocycles. The van der Waals surface area contributed by atoms with E-state index in [0.29, 0.717) is 5.82 Å². The van der Waals surface area contributed by atoms with Crippen molar-refractivity contribution in [1.29, 1.82) is 0 Å². The zero-order chi connectivity index (χ0) is 17.9. The van der Waals surface area contributed by atoms with Crippen LogP contribution in [0.25, 0.3) is 11.0 Å². The van der Waals surface area contributed by atoms with Crippen molar-refractivity contribution in [2.45, 2.75) is 25.8 Å². The van der Waals surface area contributed by atoms with E-state index in [2.05, 4.69) is 48.2 Å². The summed E-state index contributed by atoms with van der Waals surface area (Å²) < 4.78 is 1.76. The number of hydrogen-bond acceptors (Lipinski definition) is 7. The van der Waals surface area contributed by atoms with Crippen LogP contribution in [-0.2, 0) is 19.9 Å². The fraction of sp³-hybridized carbons (Fsp3) is 0.294. The largest absolute Gasteiger partial charge is 0.359 e. The number of aromatic amines is 1. The minimum Gasteiger partial charge on any atom is -0.359 e. The summed E-state index contributed by atoms with van der Waals surface area (Å²) in [6.07, 6.45) is 3.39. The molecule has 0 fully saturated rings. The zero-order valence-electron chi connectivity index (χ0n) is 14.6. The van der Waals surface area contributed by atoms with E-state index >= 15 is 0 Å². The van der Waals surface area contributed by atoms with Crippen molar-refractivity contribution in [2.24, 2.45) is 7.05 Å². The number of hydrogen-bond donors (Lipinski definition) is 2. The summed E-state index contributed by atoms with van der Waals surface area (Å²) in [5.74, 6) is 2.07. The highest BCUT2D eigenvalue weighted by Crippen LogP contribution is 2.23. The van der Waals surface area contributed by atoms with Crippen LogP contribution < -0.4 is 5.32 Å². The fourth-order valence-corrected chi connectivity index (χ4v) is 2.81. The molecule has 0 amide bonds. The van der Waals surface area contributed by atoms with E-state index in [0.717, 1.165) is 35.5 Å². The first-order chi connectivity index (χ1) is 12.7. The molecule has 4 aromatic rings. The average Bonchev–Trinajstić information content (AvgIpc) is 3.32. The predicted molar refractivity (Wildman–Crippen MR) is 96.4 cm³/mol. The summed E-state index contributed by atoms with van der Waals surface area (Å²) >= 11 is 0. The van der Waals surface area contributed by atoms with Gasteiger partial charge in [-0.3, -0.25) is 4.68 Å². The minimum absolute atomic E-state index is 0.144. The maximum Gasteiger partial charge on any atom is 0.196 e. The molecule has 0 saturated heterocycles. The summed E-state index contributed by atoms with van der Waals surface area (Å²) in [7, 11) is 1.88. The standard InChI is InChI=1S/C17H19N9/c1-11(15-22-24-25-23-15)19-16-13-10-18-26(2)17(13)21-14(20-16)9-8-12-6-4-3-5-7-12/h3-7,10-11H,8-9H2,1-2H3,(H,19,20,21)(H,22,23,24,25)/t11-/m1/s1. The smallest absolute Gasteiger partial charge is 0.196 e. The van der Waals surface area contributed by atoms with Gasteiger partial charge in [-0.15, -0.1) is 10.2 Å². The van der Waals surface area contributed by atoms with Crippen LogP contribution in [0.5, 0.6) is 0 Å². The first-order valence-corrected chi connectivity index (χ1v) is 8.43. The Morgan fingerprint density at radius 3 is 2.77 bits per heavy atom. The van der Waals surface area contributed by atoms with E-state index in [1.165, 1.54) is 5.56 Å². The molecule has 1 atom stereocenters. The Morgan fingerprint density at radius 2 is 2.00 bits per heavy atom. The normalized spacial score (nSPS) is 12.4. The van der Waals surface area contributed by atoms with Crippen LogP contribution in [0.1, 0.15) is 30.2 Å². The molecule has 0 unspecified atom stereocenters. The van der Waals surface area contributed by atoms with Gasteiger partial charge in [0.15, 0.2) is 11.5 Å². The Hall–Kier alpha value is -3.36. The number of rotatable bonds is 6. The van der Waals surface area contributed by atoms with Crippen LogP contribution in [0, 0.1) is 0 Å². The molecule has 0 aliphatic rings. The lowest BCUT2D eigenvalue weighted by molar-refractivity contribution is 0.769. The number of H-pyrrole nitrogens is 1. The molecule has 0 radical (unpaired) electrons. The maximum absolute atomic E-state index is 4.72. The molecule has 0 saturated carbocycles. The van der Waals surface area contributed by atoms with Crippen molar-refractivity contribution < 1.29 is 0 Å². The summed E-state index contributed by atoms with van der Waals surface area (Å²) in [6, 6.07) is 10.2. The van der Waals surface area contributed by atoms with Gasteiger partial charge in [-0.25, -0.2) is 9.97 Å². The van der Waals surface area contributed by atoms with Gasteiger partial charge in [0.2, 0.25) is 0 Å². The monoisotopic (exact) mass is 349 g/mol. The Morgan fingerprint density at radius 1 is 1.15 bits per heavy atom. The maximum atomic E-state index is 4.72. The lowest BCUT2D eigenvalue weighted by Crippen LogP contribution is -2.12. The van der Waals surface area contributed by atoms with Crippen LogP contribution in [-0.4, -0.2) is 40.4 Å². The van der Waals surface area contributed by atoms with Crippen molar-refractivity contribution in [1.82, 2.24) is 40.4 Å². The molecular weight excluding hydrogens is 330 g/mol. The van der Waals surface area contributed by atoms with Crippen molar-refractivity contribution in [2.75, 3.05) is 5.32 Å². The van der Waals surface area contributed by atoms with E-state index in [1.54, 1.807) is 10.9 Å². The molecule has 9 nitrogen and oxygen atoms in total. The number of benzene rings is 1. The van der Waals surface area contributed by atoms with Crippen LogP contribution in [0.4, 0.5) is 5.82 Å². The van der Waals surface area contributed by atoms with E-state index in [9.17, 15) is 0 Å². The highest BCUT2D eigenvalue weighted by molar-refractivity contribution is 5.86. The number of aryl methyl sites for hydroxylation is 3. The van der Waals surface area contributed by atoms with Gasteiger partial charge >= 0.3 is 0 Å². The van der Waals surface area contributed by atoms with E-state index < -0.39 is 0 Å². The number of nitrogens with zero attached hydrogens (tertiary/aromatic N) is 7. The molecule has 3 aromatic heterocycles. The molecule has 0 aliphatic carbocycles. The third-order valence-corrected chi connectivity index (χ3v) is 4.22. The Balaban J connectivity index is 1.63. The Bertz CT molecular complexity index is 992. The van der Waals surface area contributed by atoms with Gasteiger partial charge in [0.1, 0.15) is 11.6 Å². The van der Waals surface area contributed by atoms with Crippen molar-refractivity contribution >= 4 is 16.9 Å². The molecule has 26 heavy (non-hydrogen) atoms. The van der Waals surface area contributed by atoms with Crippen LogP contribution in [0.2, 0.25) is 0 Å². The molecule has 0 bridgehead atoms. The lowest BCUT2D eigenvalue weighted by Gasteiger charge is -2.13. The van der Waals surface area contributed by atoms with Gasteiger partial charge in [0.25, 0.3) is 0 Å². The SMILES string of the molecule is C[C@@H](Nc1nc(CCc2ccccc2)nc2c1cnn2C)c1nn[nH]n1. The zero-order valence-corrected chi connectivity index (χ0v) is 14.6. The number of aromatic nitrogens is 8. The molecular formula is C17H19N9. The first kappa shape index (κ1) is 16.1. The summed E-state index contributed by atoms with van der Waals surface area (Å²) in [4.78, 5) is 9.40. The quantitative estimate of drug-likeness (QED) is 0.546. The molecule has 4 rings (SSSR count). The minimum atomic E-state index is -0.144. The average molecular weight is 349 g/mol.